The molecule has 1 aromatic carbocycles. The van der Waals surface area contributed by atoms with Gasteiger partial charge >= 0.3 is 0 Å². The van der Waals surface area contributed by atoms with E-state index >= 15 is 0 Å². The second-order valence-electron chi connectivity index (χ2n) is 5.52. The van der Waals surface area contributed by atoms with Crippen LogP contribution in [-0.2, 0) is 6.61 Å². The van der Waals surface area contributed by atoms with Gasteiger partial charge in [0.2, 0.25) is 5.88 Å². The summed E-state index contributed by atoms with van der Waals surface area (Å²) < 4.78 is 5.55. The molecule has 0 aliphatic carbocycles. The Kier molecular flexibility index (Phi) is 5.52. The van der Waals surface area contributed by atoms with Gasteiger partial charge < -0.3 is 14.9 Å². The Balaban J connectivity index is 2.23. The van der Waals surface area contributed by atoms with E-state index in [-0.39, 0.29) is 12.7 Å². The van der Waals surface area contributed by atoms with Gasteiger partial charge in [-0.15, -0.1) is 0 Å². The van der Waals surface area contributed by atoms with E-state index in [1.807, 2.05) is 44.2 Å². The first-order valence-corrected chi connectivity index (χ1v) is 7.51. The quantitative estimate of drug-likeness (QED) is 0.861. The molecule has 0 amide bonds. The van der Waals surface area contributed by atoms with Crippen LogP contribution in [0.25, 0.3) is 11.1 Å². The van der Waals surface area contributed by atoms with E-state index in [0.29, 0.717) is 18.9 Å². The molecule has 118 valence electrons. The molecule has 0 saturated carbocycles. The summed E-state index contributed by atoms with van der Waals surface area (Å²) >= 11 is 0. The summed E-state index contributed by atoms with van der Waals surface area (Å²) in [4.78, 5) is 4.48. The van der Waals surface area contributed by atoms with Crippen molar-refractivity contribution in [2.75, 3.05) is 6.61 Å². The van der Waals surface area contributed by atoms with Crippen LogP contribution in [-0.4, -0.2) is 27.9 Å². The summed E-state index contributed by atoms with van der Waals surface area (Å²) in [7, 11) is 0. The fraction of sp³-hybridized carbons (Fsp3) is 0.389. The second kappa shape index (κ2) is 7.38. The van der Waals surface area contributed by atoms with Crippen molar-refractivity contribution in [3.63, 3.8) is 0 Å². The van der Waals surface area contributed by atoms with Gasteiger partial charge in [0.05, 0.1) is 19.3 Å². The third-order valence-corrected chi connectivity index (χ3v) is 3.75. The summed E-state index contributed by atoms with van der Waals surface area (Å²) in [6.07, 6.45) is 0.212. The zero-order valence-electron chi connectivity index (χ0n) is 13.3. The molecule has 2 N–H and O–H groups in total. The van der Waals surface area contributed by atoms with Gasteiger partial charge in [0.1, 0.15) is 0 Å². The Morgan fingerprint density at radius 2 is 1.91 bits per heavy atom. The molecule has 0 unspecified atom stereocenters. The number of aromatic nitrogens is 1. The molecule has 22 heavy (non-hydrogen) atoms. The van der Waals surface area contributed by atoms with E-state index in [0.717, 1.165) is 27.9 Å². The third-order valence-electron chi connectivity index (χ3n) is 3.75. The van der Waals surface area contributed by atoms with Crippen molar-refractivity contribution in [1.29, 1.82) is 0 Å². The van der Waals surface area contributed by atoms with Crippen LogP contribution in [0.3, 0.4) is 0 Å². The highest BCUT2D eigenvalue weighted by molar-refractivity contribution is 5.70. The molecule has 1 aromatic heterocycles. The number of hydrogen-bond acceptors (Lipinski definition) is 4. The molecular formula is C18H23NO3. The maximum atomic E-state index is 9.39. The molecular weight excluding hydrogens is 278 g/mol. The molecule has 4 nitrogen and oxygen atoms in total. The summed E-state index contributed by atoms with van der Waals surface area (Å²) in [5.41, 5.74) is 4.99. The monoisotopic (exact) mass is 301 g/mol. The number of pyridine rings is 1. The summed E-state index contributed by atoms with van der Waals surface area (Å²) in [5.74, 6) is 0.567. The van der Waals surface area contributed by atoms with Crippen molar-refractivity contribution in [3.8, 4) is 17.0 Å². The number of ether oxygens (including phenoxy) is 1. The van der Waals surface area contributed by atoms with Crippen molar-refractivity contribution < 1.29 is 14.9 Å². The number of rotatable bonds is 6. The number of nitrogens with zero attached hydrogens (tertiary/aromatic N) is 1. The smallest absolute Gasteiger partial charge is 0.213 e. The maximum Gasteiger partial charge on any atom is 0.213 e. The first-order valence-electron chi connectivity index (χ1n) is 7.51. The molecule has 0 radical (unpaired) electrons. The van der Waals surface area contributed by atoms with E-state index in [1.54, 1.807) is 6.92 Å². The molecule has 0 spiro atoms. The minimum atomic E-state index is -0.371. The second-order valence-corrected chi connectivity index (χ2v) is 5.52. The molecule has 2 rings (SSSR count). The Hall–Kier alpha value is -1.91. The zero-order valence-corrected chi connectivity index (χ0v) is 13.3. The van der Waals surface area contributed by atoms with E-state index in [1.165, 1.54) is 0 Å². The minimum Gasteiger partial charge on any atom is -0.478 e. The van der Waals surface area contributed by atoms with Crippen molar-refractivity contribution in [2.45, 2.75) is 39.9 Å². The number of benzene rings is 1. The normalized spacial score (nSPS) is 12.2. The van der Waals surface area contributed by atoms with E-state index < -0.39 is 0 Å². The summed E-state index contributed by atoms with van der Waals surface area (Å²) in [6, 6.07) is 9.74. The lowest BCUT2D eigenvalue weighted by Crippen LogP contribution is -2.08. The molecule has 0 aliphatic rings. The van der Waals surface area contributed by atoms with Gasteiger partial charge in [-0.2, -0.15) is 0 Å². The average molecular weight is 301 g/mol. The Labute approximate surface area is 131 Å². The summed E-state index contributed by atoms with van der Waals surface area (Å²) in [6.45, 7) is 6.17. The lowest BCUT2D eigenvalue weighted by Gasteiger charge is -2.13. The van der Waals surface area contributed by atoms with Gasteiger partial charge in [0.25, 0.3) is 0 Å². The molecule has 4 heteroatoms. The number of aliphatic hydroxyl groups excluding tert-OH is 2. The predicted molar refractivity (Wildman–Crippen MR) is 86.9 cm³/mol. The Bertz CT molecular complexity index is 638. The topological polar surface area (TPSA) is 62.6 Å². The lowest BCUT2D eigenvalue weighted by atomic mass is 9.96. The lowest BCUT2D eigenvalue weighted by molar-refractivity contribution is 0.154. The van der Waals surface area contributed by atoms with Gasteiger partial charge in [-0.25, -0.2) is 4.98 Å². The fourth-order valence-electron chi connectivity index (χ4n) is 2.38. The van der Waals surface area contributed by atoms with Crippen LogP contribution in [0.2, 0.25) is 0 Å². The van der Waals surface area contributed by atoms with Crippen LogP contribution in [0.4, 0.5) is 0 Å². The fourth-order valence-corrected chi connectivity index (χ4v) is 2.38. The van der Waals surface area contributed by atoms with E-state index in [9.17, 15) is 10.2 Å². The predicted octanol–water partition coefficient (Wildman–Crippen LogP) is 3.01. The Morgan fingerprint density at radius 1 is 1.14 bits per heavy atom. The van der Waals surface area contributed by atoms with Gasteiger partial charge in [-0.1, -0.05) is 18.2 Å². The van der Waals surface area contributed by atoms with Gasteiger partial charge in [-0.05, 0) is 43.5 Å². The largest absolute Gasteiger partial charge is 0.478 e. The van der Waals surface area contributed by atoms with Crippen molar-refractivity contribution >= 4 is 0 Å². The van der Waals surface area contributed by atoms with Gasteiger partial charge in [0.15, 0.2) is 0 Å². The molecule has 0 saturated heterocycles. The number of hydrogen-bond donors (Lipinski definition) is 2. The van der Waals surface area contributed by atoms with Crippen LogP contribution < -0.4 is 4.74 Å². The highest BCUT2D eigenvalue weighted by Crippen LogP contribution is 2.29. The minimum absolute atomic E-state index is 0.0344. The first kappa shape index (κ1) is 16.5. The highest BCUT2D eigenvalue weighted by atomic mass is 16.5. The highest BCUT2D eigenvalue weighted by Gasteiger charge is 2.10. The molecule has 2 aromatic rings. The van der Waals surface area contributed by atoms with Crippen molar-refractivity contribution in [1.82, 2.24) is 4.98 Å². The van der Waals surface area contributed by atoms with Gasteiger partial charge in [0, 0.05) is 23.7 Å². The first-order chi connectivity index (χ1) is 10.5. The van der Waals surface area contributed by atoms with E-state index in [4.69, 9.17) is 4.74 Å². The van der Waals surface area contributed by atoms with Gasteiger partial charge in [-0.3, -0.25) is 0 Å². The molecule has 1 heterocycles. The molecule has 0 bridgehead atoms. The number of aliphatic hydroxyl groups is 2. The van der Waals surface area contributed by atoms with Crippen LogP contribution >= 0.6 is 0 Å². The van der Waals surface area contributed by atoms with Crippen LogP contribution in [0.5, 0.6) is 5.88 Å². The Morgan fingerprint density at radius 3 is 2.55 bits per heavy atom. The number of aryl methyl sites for hydroxylation is 1. The third kappa shape index (κ3) is 3.84. The van der Waals surface area contributed by atoms with Crippen molar-refractivity contribution in [2.24, 2.45) is 0 Å². The standard InChI is InChI=1S/C18H23NO3/c1-12(21)9-10-22-18-8-7-17(14(3)19-18)16-6-4-5-15(11-20)13(16)2/h4-8,12,20-21H,9-11H2,1-3H3/t12-/m0/s1. The van der Waals surface area contributed by atoms with Crippen LogP contribution in [0.1, 0.15) is 30.2 Å². The average Bonchev–Trinajstić information content (AvgIpc) is 2.48. The molecule has 1 atom stereocenters. The molecule has 0 aliphatic heterocycles. The van der Waals surface area contributed by atoms with Crippen molar-refractivity contribution in [3.05, 3.63) is 47.2 Å². The summed E-state index contributed by atoms with van der Waals surface area (Å²) in [5, 5.41) is 18.6. The molecule has 0 fully saturated rings. The van der Waals surface area contributed by atoms with Crippen LogP contribution in [0.15, 0.2) is 30.3 Å². The SMILES string of the molecule is Cc1nc(OCC[C@H](C)O)ccc1-c1cccc(CO)c1C. The van der Waals surface area contributed by atoms with E-state index in [2.05, 4.69) is 4.98 Å². The maximum absolute atomic E-state index is 9.39. The van der Waals surface area contributed by atoms with Crippen LogP contribution in [0, 0.1) is 13.8 Å². The zero-order chi connectivity index (χ0) is 16.1.